The second-order valence-corrected chi connectivity index (χ2v) is 8.34. The molecule has 5 nitrogen and oxygen atoms in total. The van der Waals surface area contributed by atoms with Crippen LogP contribution in [0.15, 0.2) is 57.9 Å². The van der Waals surface area contributed by atoms with Gasteiger partial charge in [-0.05, 0) is 42.5 Å². The summed E-state index contributed by atoms with van der Waals surface area (Å²) in [5, 5.41) is 0.807. The molecule has 1 aliphatic rings. The van der Waals surface area contributed by atoms with Crippen LogP contribution in [0.5, 0.6) is 0 Å². The number of rotatable bonds is 6. The lowest BCUT2D eigenvalue weighted by molar-refractivity contribution is 0.221. The summed E-state index contributed by atoms with van der Waals surface area (Å²) in [4.78, 5) is 25.0. The second-order valence-electron chi connectivity index (χ2n) is 7.26. The van der Waals surface area contributed by atoms with Crippen LogP contribution >= 0.6 is 11.3 Å². The Bertz CT molecular complexity index is 1150. The molecule has 6 heteroatoms. The molecule has 0 radical (unpaired) electrons. The van der Waals surface area contributed by atoms with E-state index in [4.69, 9.17) is 9.40 Å². The van der Waals surface area contributed by atoms with Crippen LogP contribution in [0.25, 0.3) is 10.2 Å². The lowest BCUT2D eigenvalue weighted by Gasteiger charge is -2.20. The minimum atomic E-state index is -0.00272. The molecule has 0 bridgehead atoms. The van der Waals surface area contributed by atoms with Gasteiger partial charge in [0.2, 0.25) is 0 Å². The van der Waals surface area contributed by atoms with E-state index in [1.807, 2.05) is 30.3 Å². The third kappa shape index (κ3) is 3.41. The van der Waals surface area contributed by atoms with Crippen LogP contribution in [-0.4, -0.2) is 14.9 Å². The molecule has 1 aromatic carbocycles. The Balaban J connectivity index is 1.45. The lowest BCUT2D eigenvalue weighted by atomic mass is 10.2. The largest absolute Gasteiger partial charge is 0.468 e. The maximum Gasteiger partial charge on any atom is 0.259 e. The summed E-state index contributed by atoms with van der Waals surface area (Å²) in [6.07, 6.45) is 4.91. The van der Waals surface area contributed by atoms with E-state index in [1.165, 1.54) is 16.0 Å². The Hall–Kier alpha value is -2.70. The normalized spacial score (nSPS) is 13.5. The number of aryl methyl sites for hydroxylation is 2. The van der Waals surface area contributed by atoms with Crippen molar-refractivity contribution in [3.8, 4) is 0 Å². The van der Waals surface area contributed by atoms with Crippen LogP contribution in [0.1, 0.15) is 34.0 Å². The highest BCUT2D eigenvalue weighted by molar-refractivity contribution is 7.18. The van der Waals surface area contributed by atoms with Gasteiger partial charge in [-0.2, -0.15) is 0 Å². The highest BCUT2D eigenvalue weighted by atomic mass is 32.1. The molecule has 1 aliphatic carbocycles. The van der Waals surface area contributed by atoms with Crippen LogP contribution in [-0.2, 0) is 32.5 Å². The van der Waals surface area contributed by atoms with Crippen molar-refractivity contribution >= 4 is 21.6 Å². The number of nitrogens with one attached hydrogen (secondary N) is 1. The molecule has 142 valence electrons. The van der Waals surface area contributed by atoms with Gasteiger partial charge < -0.3 is 9.40 Å². The first-order valence-corrected chi connectivity index (χ1v) is 10.4. The summed E-state index contributed by atoms with van der Waals surface area (Å²) in [5.41, 5.74) is 2.43. The number of furan rings is 1. The van der Waals surface area contributed by atoms with Crippen molar-refractivity contribution in [3.63, 3.8) is 0 Å². The van der Waals surface area contributed by atoms with Gasteiger partial charge in [-0.15, -0.1) is 11.3 Å². The van der Waals surface area contributed by atoms with Crippen molar-refractivity contribution in [2.24, 2.45) is 0 Å². The minimum absolute atomic E-state index is 0.00272. The number of benzene rings is 1. The maximum atomic E-state index is 12.8. The van der Waals surface area contributed by atoms with E-state index < -0.39 is 0 Å². The van der Waals surface area contributed by atoms with E-state index in [0.717, 1.165) is 41.8 Å². The molecule has 0 atom stereocenters. The van der Waals surface area contributed by atoms with E-state index in [9.17, 15) is 4.79 Å². The summed E-state index contributed by atoms with van der Waals surface area (Å²) in [6, 6.07) is 14.2. The Morgan fingerprint density at radius 1 is 1.07 bits per heavy atom. The van der Waals surface area contributed by atoms with E-state index in [1.54, 1.807) is 17.6 Å². The summed E-state index contributed by atoms with van der Waals surface area (Å²) >= 11 is 1.68. The fourth-order valence-corrected chi connectivity index (χ4v) is 5.25. The fourth-order valence-electron chi connectivity index (χ4n) is 3.97. The quantitative estimate of drug-likeness (QED) is 0.533. The number of hydrogen-bond donors (Lipinski definition) is 1. The van der Waals surface area contributed by atoms with Gasteiger partial charge in [-0.1, -0.05) is 30.3 Å². The highest BCUT2D eigenvalue weighted by Crippen LogP contribution is 2.34. The zero-order chi connectivity index (χ0) is 18.9. The van der Waals surface area contributed by atoms with Gasteiger partial charge in [-0.3, -0.25) is 9.69 Å². The van der Waals surface area contributed by atoms with E-state index in [0.29, 0.717) is 18.9 Å². The van der Waals surface area contributed by atoms with Crippen LogP contribution in [0.3, 0.4) is 0 Å². The first-order valence-electron chi connectivity index (χ1n) is 9.58. The fraction of sp³-hybridized carbons (Fsp3) is 0.273. The maximum absolute atomic E-state index is 12.8. The smallest absolute Gasteiger partial charge is 0.259 e. The van der Waals surface area contributed by atoms with Crippen molar-refractivity contribution in [1.29, 1.82) is 0 Å². The predicted octanol–water partition coefficient (Wildman–Crippen LogP) is 4.27. The number of H-pyrrole nitrogens is 1. The standard InChI is InChI=1S/C22H21N3O2S/c26-21-20-17-9-4-10-18(17)28-22(20)24-19(23-21)14-25(13-16-8-5-11-27-16)12-15-6-2-1-3-7-15/h1-3,5-8,11H,4,9-10,12-14H2,(H,23,24,26). The molecule has 3 heterocycles. The van der Waals surface area contributed by atoms with E-state index in [2.05, 4.69) is 22.0 Å². The highest BCUT2D eigenvalue weighted by Gasteiger charge is 2.21. The Morgan fingerprint density at radius 2 is 1.96 bits per heavy atom. The summed E-state index contributed by atoms with van der Waals surface area (Å²) in [6.45, 7) is 1.97. The Morgan fingerprint density at radius 3 is 2.79 bits per heavy atom. The zero-order valence-corrected chi connectivity index (χ0v) is 16.3. The number of aromatic nitrogens is 2. The molecule has 28 heavy (non-hydrogen) atoms. The first-order chi connectivity index (χ1) is 13.8. The van der Waals surface area contributed by atoms with Crippen LogP contribution in [0, 0.1) is 0 Å². The molecule has 3 aromatic heterocycles. The van der Waals surface area contributed by atoms with Gasteiger partial charge in [-0.25, -0.2) is 4.98 Å². The van der Waals surface area contributed by atoms with Gasteiger partial charge >= 0.3 is 0 Å². The van der Waals surface area contributed by atoms with Gasteiger partial charge in [0.1, 0.15) is 16.4 Å². The summed E-state index contributed by atoms with van der Waals surface area (Å²) in [5.74, 6) is 1.61. The molecule has 4 aromatic rings. The van der Waals surface area contributed by atoms with Crippen molar-refractivity contribution in [2.45, 2.75) is 38.9 Å². The molecular weight excluding hydrogens is 370 g/mol. The summed E-state index contributed by atoms with van der Waals surface area (Å²) < 4.78 is 5.54. The predicted molar refractivity (Wildman–Crippen MR) is 110 cm³/mol. The number of thiophene rings is 1. The minimum Gasteiger partial charge on any atom is -0.468 e. The molecule has 0 amide bonds. The average molecular weight is 391 g/mol. The third-order valence-electron chi connectivity index (χ3n) is 5.21. The molecule has 0 saturated carbocycles. The van der Waals surface area contributed by atoms with Gasteiger partial charge in [0, 0.05) is 11.4 Å². The van der Waals surface area contributed by atoms with Gasteiger partial charge in [0.25, 0.3) is 5.56 Å². The molecule has 1 N–H and O–H groups in total. The molecule has 5 rings (SSSR count). The number of nitrogens with zero attached hydrogens (tertiary/aromatic N) is 2. The third-order valence-corrected chi connectivity index (χ3v) is 6.39. The number of hydrogen-bond acceptors (Lipinski definition) is 5. The van der Waals surface area contributed by atoms with Crippen molar-refractivity contribution in [2.75, 3.05) is 0 Å². The average Bonchev–Trinajstić information content (AvgIpc) is 3.39. The number of aromatic amines is 1. The molecule has 0 aliphatic heterocycles. The Labute approximate surface area is 166 Å². The van der Waals surface area contributed by atoms with Crippen LogP contribution < -0.4 is 5.56 Å². The monoisotopic (exact) mass is 391 g/mol. The summed E-state index contributed by atoms with van der Waals surface area (Å²) in [7, 11) is 0. The van der Waals surface area contributed by atoms with E-state index >= 15 is 0 Å². The van der Waals surface area contributed by atoms with Gasteiger partial charge in [0.15, 0.2) is 0 Å². The van der Waals surface area contributed by atoms with Gasteiger partial charge in [0.05, 0.1) is 24.7 Å². The van der Waals surface area contributed by atoms with Crippen LogP contribution in [0.2, 0.25) is 0 Å². The zero-order valence-electron chi connectivity index (χ0n) is 15.5. The van der Waals surface area contributed by atoms with Crippen molar-refractivity contribution in [1.82, 2.24) is 14.9 Å². The molecule has 0 spiro atoms. The molecular formula is C22H21N3O2S. The van der Waals surface area contributed by atoms with Crippen LogP contribution in [0.4, 0.5) is 0 Å². The SMILES string of the molecule is O=c1[nH]c(CN(Cc2ccccc2)Cc2ccco2)nc2sc3c(c12)CCC3. The van der Waals surface area contributed by atoms with Crippen molar-refractivity contribution < 1.29 is 4.42 Å². The van der Waals surface area contributed by atoms with Crippen molar-refractivity contribution in [3.05, 3.63) is 86.7 Å². The molecule has 0 saturated heterocycles. The Kier molecular flexibility index (Phi) is 4.58. The number of fused-ring (bicyclic) bond motifs is 3. The second kappa shape index (κ2) is 7.37. The topological polar surface area (TPSA) is 62.1 Å². The van der Waals surface area contributed by atoms with E-state index in [-0.39, 0.29) is 5.56 Å². The molecule has 0 fully saturated rings. The molecule has 0 unspecified atom stereocenters. The first kappa shape index (κ1) is 17.4. The lowest BCUT2D eigenvalue weighted by Crippen LogP contribution is -2.25.